The Labute approximate surface area is 148 Å². The maximum absolute atomic E-state index is 11.9. The van der Waals surface area contributed by atoms with Crippen molar-refractivity contribution in [3.05, 3.63) is 48.2 Å². The molecule has 1 aromatic carbocycles. The second kappa shape index (κ2) is 8.01. The molecule has 0 aliphatic heterocycles. The van der Waals surface area contributed by atoms with Crippen molar-refractivity contribution in [1.29, 1.82) is 0 Å². The first-order chi connectivity index (χ1) is 11.7. The van der Waals surface area contributed by atoms with Gasteiger partial charge in [-0.3, -0.25) is 9.59 Å². The van der Waals surface area contributed by atoms with Gasteiger partial charge in [-0.1, -0.05) is 30.3 Å². The fraction of sp³-hybridized carbons (Fsp3) is 0.400. The summed E-state index contributed by atoms with van der Waals surface area (Å²) in [6, 6.07) is 13.5. The van der Waals surface area contributed by atoms with Crippen molar-refractivity contribution < 1.29 is 18.7 Å². The molecule has 0 unspecified atom stereocenters. The zero-order valence-corrected chi connectivity index (χ0v) is 15.2. The Morgan fingerprint density at radius 1 is 1.12 bits per heavy atom. The molecule has 25 heavy (non-hydrogen) atoms. The molecule has 0 saturated heterocycles. The Morgan fingerprint density at radius 3 is 2.44 bits per heavy atom. The highest BCUT2D eigenvalue weighted by Gasteiger charge is 2.22. The summed E-state index contributed by atoms with van der Waals surface area (Å²) in [7, 11) is 0. The molecule has 1 atom stereocenters. The molecule has 2 aromatic rings. The van der Waals surface area contributed by atoms with Gasteiger partial charge in [0.05, 0.1) is 6.42 Å². The number of aryl methyl sites for hydroxylation is 1. The van der Waals surface area contributed by atoms with Crippen LogP contribution >= 0.6 is 0 Å². The lowest BCUT2D eigenvalue weighted by Gasteiger charge is -2.23. The van der Waals surface area contributed by atoms with Crippen molar-refractivity contribution in [3.8, 4) is 11.3 Å². The van der Waals surface area contributed by atoms with Gasteiger partial charge in [-0.15, -0.1) is 0 Å². The number of amides is 1. The average molecular weight is 343 g/mol. The monoisotopic (exact) mass is 343 g/mol. The first kappa shape index (κ1) is 18.8. The molecule has 0 fully saturated rings. The summed E-state index contributed by atoms with van der Waals surface area (Å²) in [5.74, 6) is 0.754. The molecular formula is C20H25NO4. The van der Waals surface area contributed by atoms with Gasteiger partial charge in [0.1, 0.15) is 11.5 Å². The number of hydrogen-bond donors (Lipinski definition) is 1. The van der Waals surface area contributed by atoms with Gasteiger partial charge < -0.3 is 14.5 Å². The number of hydrogen-bond acceptors (Lipinski definition) is 4. The first-order valence-electron chi connectivity index (χ1n) is 8.40. The lowest BCUT2D eigenvalue weighted by atomic mass is 10.1. The molecule has 5 heteroatoms. The topological polar surface area (TPSA) is 68.5 Å². The summed E-state index contributed by atoms with van der Waals surface area (Å²) in [5, 5.41) is 2.78. The van der Waals surface area contributed by atoms with Gasteiger partial charge in [-0.2, -0.15) is 0 Å². The Kier molecular flexibility index (Phi) is 6.02. The largest absolute Gasteiger partial charge is 0.461 e. The second-order valence-corrected chi connectivity index (χ2v) is 7.00. The number of rotatable bonds is 6. The molecule has 5 nitrogen and oxygen atoms in total. The predicted molar refractivity (Wildman–Crippen MR) is 95.9 cm³/mol. The van der Waals surface area contributed by atoms with Crippen LogP contribution in [0.15, 0.2) is 46.9 Å². The molecule has 1 N–H and O–H groups in total. The zero-order chi connectivity index (χ0) is 18.4. The number of benzene rings is 1. The van der Waals surface area contributed by atoms with Crippen LogP contribution in [0.5, 0.6) is 0 Å². The molecule has 0 aliphatic carbocycles. The highest BCUT2D eigenvalue weighted by atomic mass is 16.5. The third kappa shape index (κ3) is 6.10. The minimum atomic E-state index is -0.816. The lowest BCUT2D eigenvalue weighted by molar-refractivity contribution is -0.155. The zero-order valence-electron chi connectivity index (χ0n) is 15.2. The fourth-order valence-corrected chi connectivity index (χ4v) is 2.28. The molecule has 1 amide bonds. The molecule has 0 aliphatic rings. The van der Waals surface area contributed by atoms with E-state index >= 15 is 0 Å². The Morgan fingerprint density at radius 2 is 1.80 bits per heavy atom. The minimum absolute atomic E-state index is 0.162. The van der Waals surface area contributed by atoms with Crippen LogP contribution in [0.1, 0.15) is 39.9 Å². The van der Waals surface area contributed by atoms with E-state index in [1.807, 2.05) is 63.2 Å². The summed E-state index contributed by atoms with van der Waals surface area (Å²) in [6.07, 6.45) is -0.225. The fourth-order valence-electron chi connectivity index (χ4n) is 2.28. The quantitative estimate of drug-likeness (QED) is 0.812. The van der Waals surface area contributed by atoms with Gasteiger partial charge in [-0.25, -0.2) is 0 Å². The van der Waals surface area contributed by atoms with Crippen molar-refractivity contribution >= 4 is 11.9 Å². The van der Waals surface area contributed by atoms with E-state index in [9.17, 15) is 9.59 Å². The van der Waals surface area contributed by atoms with Gasteiger partial charge in [0.15, 0.2) is 6.10 Å². The number of nitrogens with one attached hydrogen (secondary N) is 1. The predicted octanol–water partition coefficient (Wildman–Crippen LogP) is 3.73. The van der Waals surface area contributed by atoms with Gasteiger partial charge in [0.25, 0.3) is 5.91 Å². The van der Waals surface area contributed by atoms with Crippen LogP contribution in [0.3, 0.4) is 0 Å². The molecule has 0 saturated carbocycles. The Bertz CT molecular complexity index is 713. The van der Waals surface area contributed by atoms with Crippen molar-refractivity contribution in [2.75, 3.05) is 0 Å². The molecule has 134 valence electrons. The third-order valence-electron chi connectivity index (χ3n) is 3.47. The van der Waals surface area contributed by atoms with Crippen molar-refractivity contribution in [2.45, 2.75) is 52.2 Å². The highest BCUT2D eigenvalue weighted by molar-refractivity contribution is 5.83. The van der Waals surface area contributed by atoms with Crippen molar-refractivity contribution in [3.63, 3.8) is 0 Å². The molecule has 2 rings (SSSR count). The number of carbonyl (C=O) groups is 2. The van der Waals surface area contributed by atoms with Crippen LogP contribution in [0.4, 0.5) is 0 Å². The van der Waals surface area contributed by atoms with Gasteiger partial charge in [0.2, 0.25) is 0 Å². The Hall–Kier alpha value is -2.56. The maximum Gasteiger partial charge on any atom is 0.307 e. The lowest BCUT2D eigenvalue weighted by Crippen LogP contribution is -2.46. The van der Waals surface area contributed by atoms with Crippen LogP contribution in [-0.2, 0) is 20.7 Å². The van der Waals surface area contributed by atoms with Gasteiger partial charge in [0, 0.05) is 17.5 Å². The number of furan rings is 1. The van der Waals surface area contributed by atoms with E-state index in [4.69, 9.17) is 9.15 Å². The normalized spacial score (nSPS) is 12.5. The van der Waals surface area contributed by atoms with Crippen molar-refractivity contribution in [1.82, 2.24) is 5.32 Å². The van der Waals surface area contributed by atoms with E-state index in [2.05, 4.69) is 5.32 Å². The number of esters is 1. The molecular weight excluding hydrogens is 318 g/mol. The molecule has 1 aromatic heterocycles. The van der Waals surface area contributed by atoms with E-state index in [1.54, 1.807) is 6.92 Å². The van der Waals surface area contributed by atoms with E-state index < -0.39 is 12.1 Å². The smallest absolute Gasteiger partial charge is 0.307 e. The van der Waals surface area contributed by atoms with Crippen LogP contribution < -0.4 is 5.32 Å². The van der Waals surface area contributed by atoms with Gasteiger partial charge >= 0.3 is 5.97 Å². The van der Waals surface area contributed by atoms with E-state index in [0.29, 0.717) is 12.2 Å². The summed E-state index contributed by atoms with van der Waals surface area (Å²) in [5.41, 5.74) is 0.628. The number of carbonyl (C=O) groups excluding carboxylic acids is 2. The van der Waals surface area contributed by atoms with Crippen molar-refractivity contribution in [2.24, 2.45) is 0 Å². The summed E-state index contributed by atoms with van der Waals surface area (Å²) >= 11 is 0. The van der Waals surface area contributed by atoms with Crippen LogP contribution in [0.2, 0.25) is 0 Å². The summed E-state index contributed by atoms with van der Waals surface area (Å²) in [4.78, 5) is 23.9. The van der Waals surface area contributed by atoms with E-state index in [0.717, 1.165) is 11.3 Å². The van der Waals surface area contributed by atoms with Crippen LogP contribution in [0, 0.1) is 0 Å². The number of ether oxygens (including phenoxy) is 1. The Balaban J connectivity index is 1.82. The van der Waals surface area contributed by atoms with E-state index in [-0.39, 0.29) is 17.9 Å². The molecule has 0 radical (unpaired) electrons. The summed E-state index contributed by atoms with van der Waals surface area (Å²) in [6.45, 7) is 7.20. The van der Waals surface area contributed by atoms with E-state index in [1.165, 1.54) is 0 Å². The maximum atomic E-state index is 11.9. The van der Waals surface area contributed by atoms with Crippen LogP contribution in [-0.4, -0.2) is 23.5 Å². The summed E-state index contributed by atoms with van der Waals surface area (Å²) < 4.78 is 10.9. The van der Waals surface area contributed by atoms with Gasteiger partial charge in [-0.05, 0) is 39.8 Å². The average Bonchev–Trinajstić information content (AvgIpc) is 3.01. The first-order valence-corrected chi connectivity index (χ1v) is 8.40. The molecule has 0 spiro atoms. The second-order valence-electron chi connectivity index (χ2n) is 7.00. The third-order valence-corrected chi connectivity index (χ3v) is 3.47. The SMILES string of the molecule is C[C@H](OC(=O)CCc1ccc(-c2ccccc2)o1)C(=O)NC(C)(C)C. The highest BCUT2D eigenvalue weighted by Crippen LogP contribution is 2.22. The standard InChI is InChI=1S/C20H25NO4/c1-14(19(23)21-20(2,3)4)24-18(22)13-11-16-10-12-17(25-16)15-8-6-5-7-9-15/h5-10,12,14H,11,13H2,1-4H3,(H,21,23)/t14-/m0/s1. The molecule has 0 bridgehead atoms. The minimum Gasteiger partial charge on any atom is -0.461 e. The van der Waals surface area contributed by atoms with Crippen LogP contribution in [0.25, 0.3) is 11.3 Å². The molecule has 1 heterocycles.